The number of imidazole rings is 1. The highest BCUT2D eigenvalue weighted by Gasteiger charge is 2.10. The third-order valence-electron chi connectivity index (χ3n) is 3.51. The molecular weight excluding hydrogens is 533 g/mol. The minimum Gasteiger partial charge on any atom is -0.357 e. The van der Waals surface area contributed by atoms with Crippen LogP contribution in [-0.4, -0.2) is 48.4 Å². The number of rotatable bonds is 7. The number of fused-ring (bicyclic) bond motifs is 1. The Morgan fingerprint density at radius 3 is 2.77 bits per heavy atom. The van der Waals surface area contributed by atoms with Gasteiger partial charge in [0.2, 0.25) is 0 Å². The fraction of sp³-hybridized carbons (Fsp3) is 0.500. The maximum Gasteiger partial charge on any atom is 0.191 e. The minimum atomic E-state index is -2.96. The Morgan fingerprint density at radius 1 is 1.38 bits per heavy atom. The van der Waals surface area contributed by atoms with E-state index in [-0.39, 0.29) is 35.8 Å². The van der Waals surface area contributed by atoms with E-state index in [1.165, 1.54) is 6.26 Å². The van der Waals surface area contributed by atoms with Crippen molar-refractivity contribution in [2.75, 3.05) is 18.6 Å². The van der Waals surface area contributed by atoms with Crippen LogP contribution in [0.2, 0.25) is 0 Å². The maximum atomic E-state index is 11.3. The van der Waals surface area contributed by atoms with Crippen molar-refractivity contribution in [3.8, 4) is 0 Å². The van der Waals surface area contributed by atoms with Crippen LogP contribution in [0.5, 0.6) is 0 Å². The van der Waals surface area contributed by atoms with Crippen molar-refractivity contribution in [3.63, 3.8) is 0 Å². The molecule has 0 aromatic carbocycles. The van der Waals surface area contributed by atoms with Crippen LogP contribution >= 0.6 is 39.9 Å². The van der Waals surface area contributed by atoms with Gasteiger partial charge in [-0.25, -0.2) is 18.4 Å². The van der Waals surface area contributed by atoms with E-state index in [1.54, 1.807) is 0 Å². The Labute approximate surface area is 180 Å². The van der Waals surface area contributed by atoms with Crippen molar-refractivity contribution in [1.29, 1.82) is 0 Å². The van der Waals surface area contributed by atoms with Gasteiger partial charge in [0, 0.05) is 35.7 Å². The fourth-order valence-electron chi connectivity index (χ4n) is 2.27. The van der Waals surface area contributed by atoms with E-state index in [1.807, 2.05) is 42.8 Å². The van der Waals surface area contributed by atoms with Crippen LogP contribution in [0.1, 0.15) is 26.0 Å². The first-order valence-corrected chi connectivity index (χ1v) is 11.0. The van der Waals surface area contributed by atoms with Crippen molar-refractivity contribution in [2.24, 2.45) is 4.99 Å². The molecule has 0 aliphatic carbocycles. The van der Waals surface area contributed by atoms with Crippen LogP contribution in [0.3, 0.4) is 0 Å². The van der Waals surface area contributed by atoms with E-state index in [2.05, 4.69) is 36.5 Å². The van der Waals surface area contributed by atoms with Gasteiger partial charge in [-0.15, -0.1) is 24.0 Å². The van der Waals surface area contributed by atoms with E-state index < -0.39 is 9.84 Å². The summed E-state index contributed by atoms with van der Waals surface area (Å²) >= 11 is 3.44. The lowest BCUT2D eigenvalue weighted by atomic mass is 10.3. The highest BCUT2D eigenvalue weighted by atomic mass is 127. The van der Waals surface area contributed by atoms with E-state index in [9.17, 15) is 8.42 Å². The second-order valence-corrected chi connectivity index (χ2v) is 9.18. The molecule has 2 aromatic rings. The van der Waals surface area contributed by atoms with Gasteiger partial charge < -0.3 is 15.0 Å². The second kappa shape index (κ2) is 10.5. The number of aromatic nitrogens is 2. The normalized spacial score (nSPS) is 13.3. The number of guanidine groups is 1. The molecule has 2 N–H and O–H groups in total. The van der Waals surface area contributed by atoms with Crippen LogP contribution in [0, 0.1) is 0 Å². The molecule has 10 heteroatoms. The maximum absolute atomic E-state index is 11.3. The number of pyridine rings is 1. The molecule has 0 saturated carbocycles. The van der Waals surface area contributed by atoms with Crippen molar-refractivity contribution in [3.05, 3.63) is 34.7 Å². The SMILES string of the molecule is CCNC(=NCc1cn2cc(Br)ccc2n1)NC(C)CCS(C)(=O)=O.I. The van der Waals surface area contributed by atoms with Gasteiger partial charge in [-0.3, -0.25) is 0 Å². The number of halogens is 2. The predicted octanol–water partition coefficient (Wildman–Crippen LogP) is 2.59. The van der Waals surface area contributed by atoms with Crippen molar-refractivity contribution in [1.82, 2.24) is 20.0 Å². The van der Waals surface area contributed by atoms with Crippen LogP contribution in [0.4, 0.5) is 0 Å². The highest BCUT2D eigenvalue weighted by molar-refractivity contribution is 14.0. The van der Waals surface area contributed by atoms with Crippen molar-refractivity contribution >= 4 is 61.4 Å². The summed E-state index contributed by atoms with van der Waals surface area (Å²) in [4.78, 5) is 9.08. The Morgan fingerprint density at radius 2 is 2.12 bits per heavy atom. The Kier molecular flexibility index (Phi) is 9.31. The van der Waals surface area contributed by atoms with Crippen LogP contribution in [0.25, 0.3) is 5.65 Å². The van der Waals surface area contributed by atoms with Gasteiger partial charge in [0.1, 0.15) is 15.5 Å². The molecule has 1 unspecified atom stereocenters. The quantitative estimate of drug-likeness (QED) is 0.310. The molecule has 0 radical (unpaired) electrons. The number of nitrogens with one attached hydrogen (secondary N) is 2. The van der Waals surface area contributed by atoms with Crippen LogP contribution in [-0.2, 0) is 16.4 Å². The number of hydrogen-bond donors (Lipinski definition) is 2. The molecule has 1 atom stereocenters. The first-order chi connectivity index (χ1) is 11.8. The molecule has 0 amide bonds. The van der Waals surface area contributed by atoms with Gasteiger partial charge in [0.15, 0.2) is 5.96 Å². The average molecular weight is 558 g/mol. The van der Waals surface area contributed by atoms with Gasteiger partial charge in [-0.05, 0) is 48.3 Å². The van der Waals surface area contributed by atoms with E-state index in [4.69, 9.17) is 0 Å². The van der Waals surface area contributed by atoms with Gasteiger partial charge >= 0.3 is 0 Å². The molecule has 0 aliphatic heterocycles. The Balaban J connectivity index is 0.00000338. The summed E-state index contributed by atoms with van der Waals surface area (Å²) in [6.07, 6.45) is 5.68. The Hall–Kier alpha value is -0.880. The van der Waals surface area contributed by atoms with Gasteiger partial charge in [0.25, 0.3) is 0 Å². The van der Waals surface area contributed by atoms with E-state index in [0.29, 0.717) is 18.9 Å². The summed E-state index contributed by atoms with van der Waals surface area (Å²) in [6, 6.07) is 3.89. The highest BCUT2D eigenvalue weighted by Crippen LogP contribution is 2.12. The smallest absolute Gasteiger partial charge is 0.191 e. The largest absolute Gasteiger partial charge is 0.357 e. The third kappa shape index (κ3) is 7.78. The first kappa shape index (κ1) is 23.2. The molecule has 0 bridgehead atoms. The lowest BCUT2D eigenvalue weighted by Crippen LogP contribution is -2.42. The fourth-order valence-corrected chi connectivity index (χ4v) is 3.40. The zero-order chi connectivity index (χ0) is 18.4. The lowest BCUT2D eigenvalue weighted by molar-refractivity contribution is 0.581. The molecule has 2 heterocycles. The molecule has 0 spiro atoms. The summed E-state index contributed by atoms with van der Waals surface area (Å²) < 4.78 is 25.5. The third-order valence-corrected chi connectivity index (χ3v) is 4.96. The standard InChI is InChI=1S/C16H24BrN5O2S.HI/c1-4-18-16(20-12(2)7-8-25(3,23)24)19-9-14-11-22-10-13(17)5-6-15(22)21-14;/h5-6,10-12H,4,7-9H2,1-3H3,(H2,18,19,20);1H. The van der Waals surface area contributed by atoms with Gasteiger partial charge in [-0.1, -0.05) is 0 Å². The number of sulfone groups is 1. The minimum absolute atomic E-state index is 0. The molecular formula is C16H25BrIN5O2S. The number of aliphatic imine (C=N–C) groups is 1. The van der Waals surface area contributed by atoms with Crippen molar-refractivity contribution < 1.29 is 8.42 Å². The topological polar surface area (TPSA) is 87.9 Å². The van der Waals surface area contributed by atoms with E-state index in [0.717, 1.165) is 22.4 Å². The molecule has 0 saturated heterocycles. The summed E-state index contributed by atoms with van der Waals surface area (Å²) in [7, 11) is -2.96. The van der Waals surface area contributed by atoms with E-state index >= 15 is 0 Å². The summed E-state index contributed by atoms with van der Waals surface area (Å²) in [5.74, 6) is 0.809. The van der Waals surface area contributed by atoms with Gasteiger partial charge in [0.05, 0.1) is 18.0 Å². The molecule has 0 aliphatic rings. The number of nitrogens with zero attached hydrogens (tertiary/aromatic N) is 3. The molecule has 0 fully saturated rings. The predicted molar refractivity (Wildman–Crippen MR) is 120 cm³/mol. The summed E-state index contributed by atoms with van der Waals surface area (Å²) in [5, 5.41) is 6.41. The second-order valence-electron chi connectivity index (χ2n) is 6.00. The Bertz CT molecular complexity index is 853. The first-order valence-electron chi connectivity index (χ1n) is 8.12. The molecule has 7 nitrogen and oxygen atoms in total. The van der Waals surface area contributed by atoms with Gasteiger partial charge in [-0.2, -0.15) is 0 Å². The van der Waals surface area contributed by atoms with Crippen molar-refractivity contribution in [2.45, 2.75) is 32.9 Å². The zero-order valence-electron chi connectivity index (χ0n) is 15.1. The zero-order valence-corrected chi connectivity index (χ0v) is 19.8. The average Bonchev–Trinajstić information content (AvgIpc) is 2.92. The van der Waals surface area contributed by atoms with Crippen LogP contribution < -0.4 is 10.6 Å². The molecule has 2 rings (SSSR count). The molecule has 146 valence electrons. The summed E-state index contributed by atoms with van der Waals surface area (Å²) in [6.45, 7) is 5.09. The molecule has 2 aromatic heterocycles. The lowest BCUT2D eigenvalue weighted by Gasteiger charge is -2.17. The summed E-state index contributed by atoms with van der Waals surface area (Å²) in [5.41, 5.74) is 1.73. The number of hydrogen-bond acceptors (Lipinski definition) is 4. The molecule has 26 heavy (non-hydrogen) atoms. The monoisotopic (exact) mass is 557 g/mol. The van der Waals surface area contributed by atoms with Crippen LogP contribution in [0.15, 0.2) is 34.0 Å².